The molecule has 0 rings (SSSR count). The molecule has 0 aromatic carbocycles. The Morgan fingerprint density at radius 3 is 2.78 bits per heavy atom. The number of allylic oxidation sites excluding steroid dienone is 3. The fourth-order valence-electron chi connectivity index (χ4n) is 0.443. The van der Waals surface area contributed by atoms with Crippen molar-refractivity contribution in [3.05, 3.63) is 23.6 Å². The predicted molar refractivity (Wildman–Crippen MR) is 43.2 cm³/mol. The molecule has 0 aliphatic carbocycles. The van der Waals surface area contributed by atoms with Crippen molar-refractivity contribution in [2.24, 2.45) is 0 Å². The van der Waals surface area contributed by atoms with Crippen LogP contribution in [0.5, 0.6) is 0 Å². The fourth-order valence-corrected chi connectivity index (χ4v) is 0.927. The van der Waals surface area contributed by atoms with Gasteiger partial charge in [0.05, 0.1) is 7.11 Å². The third-order valence-electron chi connectivity index (χ3n) is 0.843. The maximum absolute atomic E-state index is 4.85. The van der Waals surface area contributed by atoms with Crippen LogP contribution < -0.4 is 0 Å². The zero-order valence-electron chi connectivity index (χ0n) is 5.89. The van der Waals surface area contributed by atoms with Gasteiger partial charge in [0.1, 0.15) is 0 Å². The van der Waals surface area contributed by atoms with Gasteiger partial charge in [-0.05, 0) is 6.42 Å². The highest BCUT2D eigenvalue weighted by Gasteiger charge is 1.89. The first-order valence-corrected chi connectivity index (χ1v) is 3.61. The molecule has 0 saturated heterocycles. The van der Waals surface area contributed by atoms with Crippen LogP contribution in [-0.4, -0.2) is 7.11 Å². The van der Waals surface area contributed by atoms with Gasteiger partial charge in [0.15, 0.2) is 0 Å². The van der Waals surface area contributed by atoms with Crippen LogP contribution in [0.1, 0.15) is 13.3 Å². The smallest absolute Gasteiger partial charge is 0.0508 e. The van der Waals surface area contributed by atoms with Gasteiger partial charge in [-0.1, -0.05) is 25.7 Å². The molecule has 0 bridgehead atoms. The number of hydrogen-bond donors (Lipinski definition) is 0. The molecule has 0 aliphatic heterocycles. The van der Waals surface area contributed by atoms with Gasteiger partial charge >= 0.3 is 0 Å². The Kier molecular flexibility index (Phi) is 5.78. The summed E-state index contributed by atoms with van der Waals surface area (Å²) < 4.78 is 4.85. The Labute approximate surface area is 61.0 Å². The molecule has 0 fully saturated rings. The molecule has 0 aromatic heterocycles. The Morgan fingerprint density at radius 1 is 1.78 bits per heavy atom. The quantitative estimate of drug-likeness (QED) is 0.443. The lowest BCUT2D eigenvalue weighted by Gasteiger charge is -1.97. The van der Waals surface area contributed by atoms with Gasteiger partial charge in [0, 0.05) is 16.9 Å². The monoisotopic (exact) mass is 144 g/mol. The molecule has 0 aromatic rings. The summed E-state index contributed by atoms with van der Waals surface area (Å²) in [7, 11) is 1.66. The maximum Gasteiger partial charge on any atom is 0.0508 e. The molecule has 2 heteroatoms. The molecule has 0 N–H and O–H groups in total. The van der Waals surface area contributed by atoms with Gasteiger partial charge in [-0.15, -0.1) is 0 Å². The molecule has 0 unspecified atom stereocenters. The van der Waals surface area contributed by atoms with Crippen molar-refractivity contribution < 1.29 is 4.18 Å². The van der Waals surface area contributed by atoms with E-state index in [0.717, 1.165) is 6.42 Å². The van der Waals surface area contributed by atoms with E-state index in [1.165, 1.54) is 16.9 Å². The molecule has 0 heterocycles. The highest BCUT2D eigenvalue weighted by molar-refractivity contribution is 7.98. The van der Waals surface area contributed by atoms with Crippen molar-refractivity contribution in [1.29, 1.82) is 0 Å². The molecular formula is C7H12OS. The Morgan fingerprint density at radius 2 is 2.44 bits per heavy atom. The van der Waals surface area contributed by atoms with E-state index in [9.17, 15) is 0 Å². The Hall–Kier alpha value is -0.210. The largest absolute Gasteiger partial charge is 0.314 e. The van der Waals surface area contributed by atoms with Crippen molar-refractivity contribution in [3.63, 3.8) is 0 Å². The lowest BCUT2D eigenvalue weighted by atomic mass is 10.4. The van der Waals surface area contributed by atoms with E-state index >= 15 is 0 Å². The lowest BCUT2D eigenvalue weighted by Crippen LogP contribution is -1.72. The van der Waals surface area contributed by atoms with Crippen LogP contribution in [0.25, 0.3) is 0 Å². The summed E-state index contributed by atoms with van der Waals surface area (Å²) in [5.41, 5.74) is 0. The first-order valence-electron chi connectivity index (χ1n) is 2.87. The van der Waals surface area contributed by atoms with E-state index in [4.69, 9.17) is 4.18 Å². The van der Waals surface area contributed by atoms with Crippen LogP contribution in [0.4, 0.5) is 0 Å². The minimum absolute atomic E-state index is 1.00. The molecule has 0 spiro atoms. The molecule has 0 saturated carbocycles. The summed E-state index contributed by atoms with van der Waals surface area (Å²) in [6.07, 6.45) is 4.73. The van der Waals surface area contributed by atoms with E-state index < -0.39 is 0 Å². The fraction of sp³-hybridized carbons (Fsp3) is 0.429. The molecule has 9 heavy (non-hydrogen) atoms. The summed E-state index contributed by atoms with van der Waals surface area (Å²) in [6.45, 7) is 5.67. The zero-order valence-corrected chi connectivity index (χ0v) is 6.70. The summed E-state index contributed by atoms with van der Waals surface area (Å²) in [4.78, 5) is 1.20. The van der Waals surface area contributed by atoms with Gasteiger partial charge in [-0.2, -0.15) is 0 Å². The maximum atomic E-state index is 4.85. The summed E-state index contributed by atoms with van der Waals surface area (Å²) >= 11 is 1.39. The van der Waals surface area contributed by atoms with Crippen molar-refractivity contribution in [2.45, 2.75) is 13.3 Å². The van der Waals surface area contributed by atoms with Crippen LogP contribution in [0.2, 0.25) is 0 Å². The molecular weight excluding hydrogens is 132 g/mol. The molecule has 0 amide bonds. The molecule has 0 aliphatic rings. The SMILES string of the molecule is C=C/C=C(\CC)SOC. The van der Waals surface area contributed by atoms with Crippen LogP contribution in [0.3, 0.4) is 0 Å². The zero-order chi connectivity index (χ0) is 7.11. The van der Waals surface area contributed by atoms with Gasteiger partial charge in [-0.25, -0.2) is 0 Å². The van der Waals surface area contributed by atoms with Crippen molar-refractivity contribution >= 4 is 12.0 Å². The second kappa shape index (κ2) is 5.92. The van der Waals surface area contributed by atoms with E-state index in [1.54, 1.807) is 13.2 Å². The van der Waals surface area contributed by atoms with Crippen LogP contribution >= 0.6 is 12.0 Å². The first kappa shape index (κ1) is 8.79. The molecule has 52 valence electrons. The van der Waals surface area contributed by atoms with Crippen LogP contribution in [0, 0.1) is 0 Å². The number of hydrogen-bond acceptors (Lipinski definition) is 2. The van der Waals surface area contributed by atoms with E-state index in [1.807, 2.05) is 6.08 Å². The topological polar surface area (TPSA) is 9.23 Å². The molecule has 0 atom stereocenters. The second-order valence-electron chi connectivity index (χ2n) is 1.47. The standard InChI is InChI=1S/C7H12OS/c1-4-6-7(5-2)9-8-3/h4,6H,1,5H2,2-3H3/b7-6+. The molecule has 1 nitrogen and oxygen atoms in total. The van der Waals surface area contributed by atoms with Crippen LogP contribution in [-0.2, 0) is 4.18 Å². The minimum atomic E-state index is 1.00. The summed E-state index contributed by atoms with van der Waals surface area (Å²) in [6, 6.07) is 0. The van der Waals surface area contributed by atoms with Crippen molar-refractivity contribution in [1.82, 2.24) is 0 Å². The third kappa shape index (κ3) is 4.30. The second-order valence-corrected chi connectivity index (χ2v) is 2.50. The summed E-state index contributed by atoms with van der Waals surface area (Å²) in [5, 5.41) is 0. The third-order valence-corrected chi connectivity index (χ3v) is 1.65. The van der Waals surface area contributed by atoms with E-state index in [0.29, 0.717) is 0 Å². The summed E-state index contributed by atoms with van der Waals surface area (Å²) in [5.74, 6) is 0. The highest BCUT2D eigenvalue weighted by Crippen LogP contribution is 2.18. The van der Waals surface area contributed by atoms with Gasteiger partial charge < -0.3 is 4.18 Å². The van der Waals surface area contributed by atoms with E-state index in [2.05, 4.69) is 13.5 Å². The van der Waals surface area contributed by atoms with Crippen molar-refractivity contribution in [2.75, 3.05) is 7.11 Å². The van der Waals surface area contributed by atoms with Gasteiger partial charge in [-0.3, -0.25) is 0 Å². The van der Waals surface area contributed by atoms with Gasteiger partial charge in [0.25, 0.3) is 0 Å². The minimum Gasteiger partial charge on any atom is -0.314 e. The Bertz CT molecular complexity index is 107. The molecule has 0 radical (unpaired) electrons. The lowest BCUT2D eigenvalue weighted by molar-refractivity contribution is 0.492. The van der Waals surface area contributed by atoms with Crippen LogP contribution in [0.15, 0.2) is 23.6 Å². The highest BCUT2D eigenvalue weighted by atomic mass is 32.2. The Balaban J connectivity index is 3.66. The van der Waals surface area contributed by atoms with E-state index in [-0.39, 0.29) is 0 Å². The average molecular weight is 144 g/mol. The number of rotatable bonds is 4. The first-order chi connectivity index (χ1) is 4.35. The predicted octanol–water partition coefficient (Wildman–Crippen LogP) is 2.76. The average Bonchev–Trinajstić information content (AvgIpc) is 1.88. The van der Waals surface area contributed by atoms with Gasteiger partial charge in [0.2, 0.25) is 0 Å². The van der Waals surface area contributed by atoms with Crippen molar-refractivity contribution in [3.8, 4) is 0 Å². The normalized spacial score (nSPS) is 11.6.